The molecule has 108 valence electrons. The van der Waals surface area contributed by atoms with Crippen molar-refractivity contribution in [3.8, 4) is 11.5 Å². The van der Waals surface area contributed by atoms with Gasteiger partial charge in [0.2, 0.25) is 6.23 Å². The quantitative estimate of drug-likeness (QED) is 0.875. The lowest BCUT2D eigenvalue weighted by Gasteiger charge is -2.17. The highest BCUT2D eigenvalue weighted by Crippen LogP contribution is 2.36. The number of carbonyl (C=O) groups excluding carboxylic acids is 1. The van der Waals surface area contributed by atoms with E-state index < -0.39 is 6.23 Å². The summed E-state index contributed by atoms with van der Waals surface area (Å²) in [5.74, 6) is 1.01. The van der Waals surface area contributed by atoms with E-state index in [2.05, 4.69) is 5.32 Å². The summed E-state index contributed by atoms with van der Waals surface area (Å²) >= 11 is 0. The van der Waals surface area contributed by atoms with Crippen molar-refractivity contribution in [1.29, 1.82) is 0 Å². The molecule has 2 aromatic rings. The minimum absolute atomic E-state index is 0.329. The van der Waals surface area contributed by atoms with Crippen LogP contribution in [-0.2, 0) is 4.74 Å². The summed E-state index contributed by atoms with van der Waals surface area (Å²) in [7, 11) is 3.18. The van der Waals surface area contributed by atoms with Crippen molar-refractivity contribution < 1.29 is 19.0 Å². The normalized spacial score (nSPS) is 16.1. The van der Waals surface area contributed by atoms with Gasteiger partial charge in [-0.25, -0.2) is 4.79 Å². The summed E-state index contributed by atoms with van der Waals surface area (Å²) < 4.78 is 15.9. The lowest BCUT2D eigenvalue weighted by atomic mass is 10.1. The van der Waals surface area contributed by atoms with Crippen LogP contribution in [0.4, 0.5) is 5.69 Å². The van der Waals surface area contributed by atoms with Gasteiger partial charge in [-0.2, -0.15) is 0 Å². The molecule has 0 saturated heterocycles. The second kappa shape index (κ2) is 5.36. The first-order valence-corrected chi connectivity index (χ1v) is 6.51. The molecule has 0 aliphatic carbocycles. The van der Waals surface area contributed by atoms with E-state index in [1.54, 1.807) is 38.5 Å². The molecule has 1 heterocycles. The Morgan fingerprint density at radius 1 is 1.10 bits per heavy atom. The number of ether oxygens (including phenoxy) is 3. The standard InChI is InChI=1S/C16H15NO4/c1-19-10-7-8-14(20-2)13(9-10)17-15-11-5-3-4-6-12(11)16(18)21-15/h3-9,15,17H,1-2H3/t15-/m1/s1. The highest BCUT2D eigenvalue weighted by atomic mass is 16.6. The Kier molecular flexibility index (Phi) is 3.39. The molecule has 0 unspecified atom stereocenters. The van der Waals surface area contributed by atoms with Crippen LogP contribution < -0.4 is 14.8 Å². The van der Waals surface area contributed by atoms with Crippen LogP contribution >= 0.6 is 0 Å². The number of fused-ring (bicyclic) bond motifs is 1. The van der Waals surface area contributed by atoms with Gasteiger partial charge in [-0.15, -0.1) is 0 Å². The van der Waals surface area contributed by atoms with E-state index in [1.165, 1.54) is 0 Å². The van der Waals surface area contributed by atoms with Gasteiger partial charge in [-0.1, -0.05) is 18.2 Å². The van der Waals surface area contributed by atoms with Crippen LogP contribution in [0.3, 0.4) is 0 Å². The molecule has 1 aliphatic heterocycles. The first-order chi connectivity index (χ1) is 10.2. The summed E-state index contributed by atoms with van der Waals surface area (Å²) in [5, 5.41) is 3.17. The van der Waals surface area contributed by atoms with E-state index in [1.807, 2.05) is 18.2 Å². The Bertz CT molecular complexity index is 684. The topological polar surface area (TPSA) is 56.8 Å². The first-order valence-electron chi connectivity index (χ1n) is 6.51. The van der Waals surface area contributed by atoms with Crippen molar-refractivity contribution in [3.05, 3.63) is 53.6 Å². The smallest absolute Gasteiger partial charge is 0.340 e. The van der Waals surface area contributed by atoms with E-state index in [0.717, 1.165) is 5.56 Å². The highest BCUT2D eigenvalue weighted by molar-refractivity contribution is 5.94. The summed E-state index contributed by atoms with van der Waals surface area (Å²) in [6, 6.07) is 12.7. The molecule has 0 amide bonds. The number of hydrogen-bond acceptors (Lipinski definition) is 5. The molecular formula is C16H15NO4. The second-order valence-corrected chi connectivity index (χ2v) is 4.58. The SMILES string of the molecule is COc1ccc(OC)c(N[C@@H]2OC(=O)c3ccccc32)c1. The molecule has 0 bridgehead atoms. The van der Waals surface area contributed by atoms with Crippen LogP contribution in [0.15, 0.2) is 42.5 Å². The van der Waals surface area contributed by atoms with Crippen molar-refractivity contribution in [1.82, 2.24) is 0 Å². The molecule has 0 fully saturated rings. The van der Waals surface area contributed by atoms with Crippen molar-refractivity contribution in [3.63, 3.8) is 0 Å². The van der Waals surface area contributed by atoms with Crippen LogP contribution in [0.1, 0.15) is 22.1 Å². The molecule has 0 aromatic heterocycles. The monoisotopic (exact) mass is 285 g/mol. The van der Waals surface area contributed by atoms with Crippen molar-refractivity contribution in [2.75, 3.05) is 19.5 Å². The molecular weight excluding hydrogens is 270 g/mol. The molecule has 0 radical (unpaired) electrons. The number of nitrogens with one attached hydrogen (secondary N) is 1. The Balaban J connectivity index is 1.93. The van der Waals surface area contributed by atoms with Crippen LogP contribution in [0, 0.1) is 0 Å². The van der Waals surface area contributed by atoms with Crippen LogP contribution in [-0.4, -0.2) is 20.2 Å². The minimum atomic E-state index is -0.533. The average molecular weight is 285 g/mol. The second-order valence-electron chi connectivity index (χ2n) is 4.58. The number of anilines is 1. The van der Waals surface area contributed by atoms with Gasteiger partial charge in [0.1, 0.15) is 11.5 Å². The molecule has 1 atom stereocenters. The van der Waals surface area contributed by atoms with Gasteiger partial charge >= 0.3 is 5.97 Å². The third kappa shape index (κ3) is 2.38. The van der Waals surface area contributed by atoms with E-state index in [0.29, 0.717) is 22.7 Å². The Morgan fingerprint density at radius 3 is 2.67 bits per heavy atom. The molecule has 1 N–H and O–H groups in total. The summed E-state index contributed by atoms with van der Waals surface area (Å²) in [4.78, 5) is 11.8. The lowest BCUT2D eigenvalue weighted by Crippen LogP contribution is -2.11. The first kappa shape index (κ1) is 13.3. The van der Waals surface area contributed by atoms with Crippen molar-refractivity contribution >= 4 is 11.7 Å². The molecule has 0 saturated carbocycles. The van der Waals surface area contributed by atoms with Crippen molar-refractivity contribution in [2.45, 2.75) is 6.23 Å². The number of benzene rings is 2. The number of carbonyl (C=O) groups is 1. The fraction of sp³-hybridized carbons (Fsp3) is 0.188. The number of hydrogen-bond donors (Lipinski definition) is 1. The predicted molar refractivity (Wildman–Crippen MR) is 77.8 cm³/mol. The number of methoxy groups -OCH3 is 2. The predicted octanol–water partition coefficient (Wildman–Crippen LogP) is 2.98. The van der Waals surface area contributed by atoms with Gasteiger partial charge in [0.15, 0.2) is 0 Å². The zero-order chi connectivity index (χ0) is 14.8. The summed E-state index contributed by atoms with van der Waals surface area (Å²) in [6.07, 6.45) is -0.533. The third-order valence-corrected chi connectivity index (χ3v) is 3.38. The summed E-state index contributed by atoms with van der Waals surface area (Å²) in [6.45, 7) is 0. The van der Waals surface area contributed by atoms with Gasteiger partial charge in [0, 0.05) is 11.6 Å². The average Bonchev–Trinajstić information content (AvgIpc) is 2.84. The minimum Gasteiger partial charge on any atom is -0.497 e. The van der Waals surface area contributed by atoms with Crippen LogP contribution in [0.25, 0.3) is 0 Å². The molecule has 2 aromatic carbocycles. The Labute approximate surface area is 122 Å². The van der Waals surface area contributed by atoms with Crippen molar-refractivity contribution in [2.24, 2.45) is 0 Å². The maximum absolute atomic E-state index is 11.8. The van der Waals surface area contributed by atoms with Gasteiger partial charge in [-0.05, 0) is 18.2 Å². The van der Waals surface area contributed by atoms with E-state index >= 15 is 0 Å². The lowest BCUT2D eigenvalue weighted by molar-refractivity contribution is 0.0436. The largest absolute Gasteiger partial charge is 0.497 e. The maximum atomic E-state index is 11.8. The molecule has 1 aliphatic rings. The van der Waals surface area contributed by atoms with Crippen LogP contribution in [0.2, 0.25) is 0 Å². The fourth-order valence-corrected chi connectivity index (χ4v) is 2.32. The number of rotatable bonds is 4. The zero-order valence-electron chi connectivity index (χ0n) is 11.8. The maximum Gasteiger partial charge on any atom is 0.340 e. The van der Waals surface area contributed by atoms with Gasteiger partial charge in [0.05, 0.1) is 25.5 Å². The van der Waals surface area contributed by atoms with Crippen LogP contribution in [0.5, 0.6) is 11.5 Å². The van der Waals surface area contributed by atoms with E-state index in [4.69, 9.17) is 14.2 Å². The summed E-state index contributed by atoms with van der Waals surface area (Å²) in [5.41, 5.74) is 2.09. The van der Waals surface area contributed by atoms with Gasteiger partial charge < -0.3 is 19.5 Å². The van der Waals surface area contributed by atoms with E-state index in [9.17, 15) is 4.79 Å². The van der Waals surface area contributed by atoms with Gasteiger partial charge in [-0.3, -0.25) is 0 Å². The number of esters is 1. The third-order valence-electron chi connectivity index (χ3n) is 3.38. The molecule has 5 nitrogen and oxygen atoms in total. The molecule has 5 heteroatoms. The van der Waals surface area contributed by atoms with Gasteiger partial charge in [0.25, 0.3) is 0 Å². The molecule has 0 spiro atoms. The Morgan fingerprint density at radius 2 is 1.90 bits per heavy atom. The molecule has 3 rings (SSSR count). The fourth-order valence-electron chi connectivity index (χ4n) is 2.32. The Hall–Kier alpha value is -2.69. The number of cyclic esters (lactones) is 1. The zero-order valence-corrected chi connectivity index (χ0v) is 11.8. The molecule has 21 heavy (non-hydrogen) atoms. The highest BCUT2D eigenvalue weighted by Gasteiger charge is 2.31. The van der Waals surface area contributed by atoms with E-state index in [-0.39, 0.29) is 5.97 Å².